The zero-order valence-electron chi connectivity index (χ0n) is 24.9. The van der Waals surface area contributed by atoms with Gasteiger partial charge in [0.25, 0.3) is 0 Å². The van der Waals surface area contributed by atoms with Crippen LogP contribution in [0.25, 0.3) is 22.2 Å². The first-order valence-electron chi connectivity index (χ1n) is 14.9. The first-order chi connectivity index (χ1) is 22.1. The van der Waals surface area contributed by atoms with E-state index in [2.05, 4.69) is 25.6 Å². The highest BCUT2D eigenvalue weighted by atomic mass is 19.4. The molecule has 4 N–H and O–H groups in total. The summed E-state index contributed by atoms with van der Waals surface area (Å²) in [6, 6.07) is 0.0384. The van der Waals surface area contributed by atoms with Crippen molar-refractivity contribution in [3.8, 4) is 23.1 Å². The van der Waals surface area contributed by atoms with Crippen LogP contribution >= 0.6 is 0 Å². The molecule has 0 spiro atoms. The highest BCUT2D eigenvalue weighted by molar-refractivity contribution is 5.96. The summed E-state index contributed by atoms with van der Waals surface area (Å²) in [5, 5.41) is 5.19. The molecule has 3 aromatic rings. The summed E-state index contributed by atoms with van der Waals surface area (Å²) in [5.74, 6) is -4.08. The minimum Gasteiger partial charge on any atom is -0.464 e. The van der Waals surface area contributed by atoms with Crippen molar-refractivity contribution in [2.45, 2.75) is 62.8 Å². The molecule has 0 amide bonds. The summed E-state index contributed by atoms with van der Waals surface area (Å²) in [7, 11) is 0. The molecule has 0 unspecified atom stereocenters. The summed E-state index contributed by atoms with van der Waals surface area (Å²) < 4.78 is 142. The number of ether oxygens (including phenoxy) is 2. The van der Waals surface area contributed by atoms with Gasteiger partial charge in [-0.05, 0) is 44.5 Å². The van der Waals surface area contributed by atoms with Crippen LogP contribution in [0.5, 0.6) is 11.9 Å². The normalized spacial score (nSPS) is 24.0. The summed E-state index contributed by atoms with van der Waals surface area (Å²) in [6.45, 7) is 1.56. The van der Waals surface area contributed by atoms with Gasteiger partial charge in [0, 0.05) is 38.0 Å². The number of nitrogens with two attached hydrogens (primary N) is 1. The van der Waals surface area contributed by atoms with Crippen LogP contribution in [0.1, 0.15) is 36.8 Å². The number of halogens is 9. The second kappa shape index (κ2) is 12.0. The Bertz CT molecular complexity index is 1690. The number of anilines is 2. The van der Waals surface area contributed by atoms with Gasteiger partial charge in [0.15, 0.2) is 11.9 Å². The molecule has 6 rings (SSSR count). The standard InChI is InChI=1S/C29H30F9N7O2/c1-13-19(29(36,37)38)15(9-16(39)20(13)31)22-21(32)23-18-24(41-7-6-40-5-3-17(28(33,34)35)47-25(18)42-22)44-26(43-23)46-12-27-4-2-8-45(27)11-14(30)10-27/h9,14,17,40H,2-8,10-12,39H2,1H3,(H,41,43,44)/t14-,17-,27+/m1/s1. The van der Waals surface area contributed by atoms with Gasteiger partial charge in [-0.3, -0.25) is 4.90 Å². The van der Waals surface area contributed by atoms with Crippen molar-refractivity contribution in [2.75, 3.05) is 50.4 Å². The third-order valence-electron chi connectivity index (χ3n) is 8.82. The smallest absolute Gasteiger partial charge is 0.425 e. The number of nitrogens with one attached hydrogen (secondary N) is 2. The summed E-state index contributed by atoms with van der Waals surface area (Å²) in [4.78, 5) is 14.1. The fourth-order valence-electron chi connectivity index (χ4n) is 6.65. The Morgan fingerprint density at radius 3 is 2.57 bits per heavy atom. The van der Waals surface area contributed by atoms with Crippen molar-refractivity contribution in [1.29, 1.82) is 0 Å². The van der Waals surface area contributed by atoms with E-state index in [-0.39, 0.29) is 45.0 Å². The topological polar surface area (TPSA) is 110 Å². The molecule has 0 radical (unpaired) electrons. The fourth-order valence-corrected chi connectivity index (χ4v) is 6.65. The molecule has 2 fully saturated rings. The second-order valence-corrected chi connectivity index (χ2v) is 12.0. The Kier molecular flexibility index (Phi) is 8.47. The third-order valence-corrected chi connectivity index (χ3v) is 8.82. The Morgan fingerprint density at radius 1 is 1.09 bits per heavy atom. The van der Waals surface area contributed by atoms with Gasteiger partial charge in [0.2, 0.25) is 5.88 Å². The van der Waals surface area contributed by atoms with Crippen molar-refractivity contribution >= 4 is 22.4 Å². The molecule has 3 aliphatic heterocycles. The maximum absolute atomic E-state index is 16.5. The van der Waals surface area contributed by atoms with Crippen LogP contribution in [0.4, 0.5) is 51.0 Å². The number of hydrogen-bond acceptors (Lipinski definition) is 9. The lowest BCUT2D eigenvalue weighted by Crippen LogP contribution is -2.43. The van der Waals surface area contributed by atoms with Crippen LogP contribution in [-0.2, 0) is 6.18 Å². The van der Waals surface area contributed by atoms with Gasteiger partial charge >= 0.3 is 18.4 Å². The Labute approximate surface area is 262 Å². The Morgan fingerprint density at radius 2 is 1.85 bits per heavy atom. The summed E-state index contributed by atoms with van der Waals surface area (Å²) >= 11 is 0. The van der Waals surface area contributed by atoms with Crippen LogP contribution < -0.4 is 25.8 Å². The minimum atomic E-state index is -5.26. The zero-order valence-corrected chi connectivity index (χ0v) is 24.9. The van der Waals surface area contributed by atoms with Crippen LogP contribution in [0.2, 0.25) is 0 Å². The average molecular weight is 680 g/mol. The molecule has 2 aromatic heterocycles. The first-order valence-corrected chi connectivity index (χ1v) is 14.9. The van der Waals surface area contributed by atoms with E-state index >= 15 is 4.39 Å². The minimum absolute atomic E-state index is 0.0677. The molecule has 3 atom stereocenters. The van der Waals surface area contributed by atoms with Gasteiger partial charge in [-0.2, -0.15) is 36.3 Å². The van der Waals surface area contributed by atoms with E-state index in [1.165, 1.54) is 0 Å². The van der Waals surface area contributed by atoms with E-state index in [9.17, 15) is 35.1 Å². The molecule has 256 valence electrons. The maximum Gasteiger partial charge on any atom is 0.425 e. The van der Waals surface area contributed by atoms with Crippen LogP contribution in [0.3, 0.4) is 0 Å². The summed E-state index contributed by atoms with van der Waals surface area (Å²) in [5.41, 5.74) is -1.38. The third kappa shape index (κ3) is 6.16. The van der Waals surface area contributed by atoms with E-state index in [0.29, 0.717) is 19.0 Å². The van der Waals surface area contributed by atoms with E-state index in [4.69, 9.17) is 15.2 Å². The number of nitrogens with zero attached hydrogens (tertiary/aromatic N) is 4. The highest BCUT2D eigenvalue weighted by Crippen LogP contribution is 2.46. The number of aromatic nitrogens is 3. The second-order valence-electron chi connectivity index (χ2n) is 12.0. The lowest BCUT2D eigenvalue weighted by molar-refractivity contribution is -0.196. The molecular formula is C29H30F9N7O2. The maximum atomic E-state index is 16.5. The van der Waals surface area contributed by atoms with Crippen molar-refractivity contribution in [3.05, 3.63) is 28.8 Å². The van der Waals surface area contributed by atoms with Gasteiger partial charge in [-0.1, -0.05) is 0 Å². The molecule has 9 nitrogen and oxygen atoms in total. The predicted octanol–water partition coefficient (Wildman–Crippen LogP) is 5.55. The predicted molar refractivity (Wildman–Crippen MR) is 152 cm³/mol. The number of benzene rings is 1. The first kappa shape index (κ1) is 33.1. The van der Waals surface area contributed by atoms with Crippen molar-refractivity contribution in [3.63, 3.8) is 0 Å². The molecule has 47 heavy (non-hydrogen) atoms. The number of nitrogen functional groups attached to an aromatic ring is 1. The molecule has 2 saturated heterocycles. The van der Waals surface area contributed by atoms with Gasteiger partial charge in [-0.25, -0.2) is 18.2 Å². The van der Waals surface area contributed by atoms with E-state index in [0.717, 1.165) is 13.3 Å². The number of hydrogen-bond donors (Lipinski definition) is 3. The summed E-state index contributed by atoms with van der Waals surface area (Å²) in [6.07, 6.45) is -12.9. The van der Waals surface area contributed by atoms with E-state index in [1.54, 1.807) is 0 Å². The van der Waals surface area contributed by atoms with Gasteiger partial charge in [0.05, 0.1) is 16.8 Å². The Hall–Kier alpha value is -3.80. The van der Waals surface area contributed by atoms with Crippen molar-refractivity contribution < 1.29 is 49.0 Å². The number of fused-ring (bicyclic) bond motifs is 1. The highest BCUT2D eigenvalue weighted by Gasteiger charge is 2.49. The van der Waals surface area contributed by atoms with Crippen molar-refractivity contribution in [2.24, 2.45) is 0 Å². The zero-order chi connectivity index (χ0) is 33.9. The van der Waals surface area contributed by atoms with Gasteiger partial charge in [0.1, 0.15) is 41.0 Å². The molecule has 5 heterocycles. The van der Waals surface area contributed by atoms with Gasteiger partial charge < -0.3 is 25.8 Å². The van der Waals surface area contributed by atoms with Crippen LogP contribution in [0, 0.1) is 18.6 Å². The average Bonchev–Trinajstić information content (AvgIpc) is 3.49. The quantitative estimate of drug-likeness (QED) is 0.242. The molecular weight excluding hydrogens is 649 g/mol. The molecule has 0 aliphatic carbocycles. The monoisotopic (exact) mass is 679 g/mol. The van der Waals surface area contributed by atoms with Crippen molar-refractivity contribution in [1.82, 2.24) is 25.2 Å². The van der Waals surface area contributed by atoms with E-state index in [1.807, 2.05) is 4.90 Å². The number of rotatable bonds is 4. The SMILES string of the molecule is Cc1c(F)c(N)cc(-c2nc3c4c(nc(OC[C@@]56CCCN5C[C@H](F)C6)nc4c2F)NCCNCC[C@H](C(F)(F)F)O3)c1C(F)(F)F. The van der Waals surface area contributed by atoms with E-state index < -0.39 is 99.1 Å². The molecule has 18 heteroatoms. The molecule has 3 aliphatic rings. The van der Waals surface area contributed by atoms with Gasteiger partial charge in [-0.15, -0.1) is 0 Å². The van der Waals surface area contributed by atoms with Crippen LogP contribution in [0.15, 0.2) is 6.07 Å². The molecule has 0 saturated carbocycles. The lowest BCUT2D eigenvalue weighted by Gasteiger charge is -2.30. The van der Waals surface area contributed by atoms with Crippen LogP contribution in [-0.4, -0.2) is 83.2 Å². The number of pyridine rings is 1. The largest absolute Gasteiger partial charge is 0.464 e. The molecule has 1 aromatic carbocycles. The number of alkyl halides is 7. The fraction of sp³-hybridized carbons (Fsp3) is 0.552. The Balaban J connectivity index is 1.57. The lowest BCUT2D eigenvalue weighted by atomic mass is 9.95. The molecule has 0 bridgehead atoms.